The lowest BCUT2D eigenvalue weighted by Gasteiger charge is -2.13. The van der Waals surface area contributed by atoms with Crippen molar-refractivity contribution in [2.75, 3.05) is 0 Å². The Morgan fingerprint density at radius 1 is 1.58 bits per heavy atom. The average Bonchev–Trinajstić information content (AvgIpc) is 2.30. The van der Waals surface area contributed by atoms with Crippen LogP contribution < -0.4 is 5.73 Å². The second kappa shape index (κ2) is 2.86. The van der Waals surface area contributed by atoms with Crippen molar-refractivity contribution in [3.8, 4) is 0 Å². The number of carbonyl (C=O) groups is 1. The number of aromatic nitrogens is 1. The van der Waals surface area contributed by atoms with E-state index in [-0.39, 0.29) is 5.41 Å². The van der Waals surface area contributed by atoms with Crippen LogP contribution in [0.15, 0.2) is 5.38 Å². The van der Waals surface area contributed by atoms with Crippen LogP contribution in [0, 0.1) is 0 Å². The number of amides is 1. The minimum Gasteiger partial charge on any atom is -0.364 e. The van der Waals surface area contributed by atoms with Gasteiger partial charge >= 0.3 is 0 Å². The van der Waals surface area contributed by atoms with Crippen molar-refractivity contribution in [2.45, 2.75) is 26.2 Å². The Morgan fingerprint density at radius 3 is 2.42 bits per heavy atom. The zero-order chi connectivity index (χ0) is 9.35. The highest BCUT2D eigenvalue weighted by molar-refractivity contribution is 7.10. The maximum Gasteiger partial charge on any atom is 0.268 e. The number of nitrogens with zero attached hydrogens (tertiary/aromatic N) is 1. The summed E-state index contributed by atoms with van der Waals surface area (Å²) in [5.74, 6) is -0.457. The molecule has 1 rings (SSSR count). The van der Waals surface area contributed by atoms with Crippen LogP contribution >= 0.6 is 11.3 Å². The van der Waals surface area contributed by atoms with Gasteiger partial charge in [-0.25, -0.2) is 4.98 Å². The lowest BCUT2D eigenvalue weighted by Crippen LogP contribution is -2.14. The topological polar surface area (TPSA) is 56.0 Å². The van der Waals surface area contributed by atoms with E-state index in [2.05, 4.69) is 25.8 Å². The molecule has 4 heteroatoms. The van der Waals surface area contributed by atoms with Crippen LogP contribution in [-0.2, 0) is 5.41 Å². The Hall–Kier alpha value is -0.900. The van der Waals surface area contributed by atoms with Crippen molar-refractivity contribution in [3.63, 3.8) is 0 Å². The molecule has 0 saturated carbocycles. The molecule has 1 aromatic heterocycles. The first-order valence-electron chi connectivity index (χ1n) is 3.67. The van der Waals surface area contributed by atoms with Crippen LogP contribution in [0.2, 0.25) is 0 Å². The zero-order valence-corrected chi connectivity index (χ0v) is 8.23. The van der Waals surface area contributed by atoms with Crippen molar-refractivity contribution < 1.29 is 4.79 Å². The van der Waals surface area contributed by atoms with E-state index in [9.17, 15) is 4.79 Å². The van der Waals surface area contributed by atoms with Crippen LogP contribution in [-0.4, -0.2) is 10.9 Å². The van der Waals surface area contributed by atoms with Crippen molar-refractivity contribution in [3.05, 3.63) is 16.1 Å². The Balaban J connectivity index is 3.00. The molecule has 1 amide bonds. The predicted octanol–water partition coefficient (Wildman–Crippen LogP) is 1.54. The summed E-state index contributed by atoms with van der Waals surface area (Å²) >= 11 is 1.47. The Bertz CT molecular complexity index is 298. The maximum absolute atomic E-state index is 10.7. The Morgan fingerprint density at radius 2 is 2.17 bits per heavy atom. The van der Waals surface area contributed by atoms with E-state index in [4.69, 9.17) is 5.73 Å². The van der Waals surface area contributed by atoms with Gasteiger partial charge in [0.2, 0.25) is 0 Å². The molecular weight excluding hydrogens is 172 g/mol. The van der Waals surface area contributed by atoms with E-state index < -0.39 is 5.91 Å². The lowest BCUT2D eigenvalue weighted by atomic mass is 9.98. The fourth-order valence-electron chi connectivity index (χ4n) is 0.731. The van der Waals surface area contributed by atoms with Gasteiger partial charge in [0.15, 0.2) is 0 Å². The molecule has 0 aliphatic heterocycles. The van der Waals surface area contributed by atoms with E-state index in [1.807, 2.05) is 0 Å². The van der Waals surface area contributed by atoms with Gasteiger partial charge in [0, 0.05) is 10.8 Å². The summed E-state index contributed by atoms with van der Waals surface area (Å²) in [4.78, 5) is 14.8. The summed E-state index contributed by atoms with van der Waals surface area (Å²) < 4.78 is 0. The summed E-state index contributed by atoms with van der Waals surface area (Å²) in [6, 6.07) is 0. The van der Waals surface area contributed by atoms with Crippen LogP contribution in [0.3, 0.4) is 0 Å². The number of carbonyl (C=O) groups excluding carboxylic acids is 1. The van der Waals surface area contributed by atoms with Crippen LogP contribution in [0.25, 0.3) is 0 Å². The van der Waals surface area contributed by atoms with Crippen molar-refractivity contribution in [1.82, 2.24) is 4.98 Å². The molecule has 0 fully saturated rings. The van der Waals surface area contributed by atoms with E-state index >= 15 is 0 Å². The second-order valence-electron chi connectivity index (χ2n) is 3.65. The molecule has 0 atom stereocenters. The molecule has 1 aromatic rings. The molecule has 2 N–H and O–H groups in total. The number of primary amides is 1. The molecule has 0 aromatic carbocycles. The minimum absolute atomic E-state index is 0.00162. The van der Waals surface area contributed by atoms with E-state index in [0.29, 0.717) is 5.69 Å². The number of hydrogen-bond acceptors (Lipinski definition) is 3. The molecule has 66 valence electrons. The maximum atomic E-state index is 10.7. The number of thiazole rings is 1. The molecule has 0 aliphatic carbocycles. The highest BCUT2D eigenvalue weighted by Gasteiger charge is 2.18. The second-order valence-corrected chi connectivity index (χ2v) is 4.51. The molecule has 0 unspecified atom stereocenters. The SMILES string of the molecule is CC(C)(C)c1nc(C(N)=O)cs1. The van der Waals surface area contributed by atoms with E-state index in [1.54, 1.807) is 5.38 Å². The smallest absolute Gasteiger partial charge is 0.268 e. The first kappa shape index (κ1) is 9.19. The summed E-state index contributed by atoms with van der Waals surface area (Å²) in [7, 11) is 0. The van der Waals surface area contributed by atoms with Crippen LogP contribution in [0.4, 0.5) is 0 Å². The molecule has 12 heavy (non-hydrogen) atoms. The molecule has 3 nitrogen and oxygen atoms in total. The molecule has 0 bridgehead atoms. The van der Waals surface area contributed by atoms with Gasteiger partial charge < -0.3 is 5.73 Å². The first-order valence-corrected chi connectivity index (χ1v) is 4.55. The Labute approximate surface area is 75.6 Å². The first-order chi connectivity index (χ1) is 5.41. The van der Waals surface area contributed by atoms with Gasteiger partial charge in [0.05, 0.1) is 5.01 Å². The van der Waals surface area contributed by atoms with Gasteiger partial charge in [0.1, 0.15) is 5.69 Å². The van der Waals surface area contributed by atoms with Gasteiger partial charge in [-0.2, -0.15) is 0 Å². The summed E-state index contributed by atoms with van der Waals surface area (Å²) in [5.41, 5.74) is 5.44. The third-order valence-electron chi connectivity index (χ3n) is 1.40. The highest BCUT2D eigenvalue weighted by Crippen LogP contribution is 2.25. The summed E-state index contributed by atoms with van der Waals surface area (Å²) in [5, 5.41) is 2.64. The predicted molar refractivity (Wildman–Crippen MR) is 49.3 cm³/mol. The molecule has 1 heterocycles. The van der Waals surface area contributed by atoms with Crippen LogP contribution in [0.1, 0.15) is 36.3 Å². The van der Waals surface area contributed by atoms with Gasteiger partial charge in [-0.15, -0.1) is 11.3 Å². The van der Waals surface area contributed by atoms with Gasteiger partial charge in [0.25, 0.3) is 5.91 Å². The van der Waals surface area contributed by atoms with Gasteiger partial charge in [-0.3, -0.25) is 4.79 Å². The quantitative estimate of drug-likeness (QED) is 0.719. The molecule has 0 saturated heterocycles. The van der Waals surface area contributed by atoms with Crippen molar-refractivity contribution in [2.24, 2.45) is 5.73 Å². The Kier molecular flexibility index (Phi) is 2.19. The zero-order valence-electron chi connectivity index (χ0n) is 7.42. The number of hydrogen-bond donors (Lipinski definition) is 1. The van der Waals surface area contributed by atoms with E-state index in [1.165, 1.54) is 11.3 Å². The standard InChI is InChI=1S/C8H12N2OS/c1-8(2,3)7-10-5(4-12-7)6(9)11/h4H,1-3H3,(H2,9,11). The monoisotopic (exact) mass is 184 g/mol. The summed E-state index contributed by atoms with van der Waals surface area (Å²) in [6.45, 7) is 6.16. The normalized spacial score (nSPS) is 11.6. The third kappa shape index (κ3) is 1.82. The average molecular weight is 184 g/mol. The summed E-state index contributed by atoms with van der Waals surface area (Å²) in [6.07, 6.45) is 0. The molecule has 0 spiro atoms. The molecular formula is C8H12N2OS. The lowest BCUT2D eigenvalue weighted by molar-refractivity contribution is 0.0996. The largest absolute Gasteiger partial charge is 0.364 e. The highest BCUT2D eigenvalue weighted by atomic mass is 32.1. The third-order valence-corrected chi connectivity index (χ3v) is 2.67. The van der Waals surface area contributed by atoms with Crippen molar-refractivity contribution >= 4 is 17.2 Å². The van der Waals surface area contributed by atoms with Crippen LogP contribution in [0.5, 0.6) is 0 Å². The number of rotatable bonds is 1. The van der Waals surface area contributed by atoms with Gasteiger partial charge in [-0.1, -0.05) is 20.8 Å². The molecule has 0 aliphatic rings. The molecule has 0 radical (unpaired) electrons. The van der Waals surface area contributed by atoms with Crippen molar-refractivity contribution in [1.29, 1.82) is 0 Å². The van der Waals surface area contributed by atoms with E-state index in [0.717, 1.165) is 5.01 Å². The fraction of sp³-hybridized carbons (Fsp3) is 0.500. The minimum atomic E-state index is -0.457. The van der Waals surface area contributed by atoms with Gasteiger partial charge in [-0.05, 0) is 0 Å². The number of nitrogens with two attached hydrogens (primary N) is 1. The fourth-order valence-corrected chi connectivity index (χ4v) is 1.63.